The van der Waals surface area contributed by atoms with Crippen LogP contribution < -0.4 is 5.32 Å². The van der Waals surface area contributed by atoms with Gasteiger partial charge in [-0.2, -0.15) is 0 Å². The van der Waals surface area contributed by atoms with Gasteiger partial charge in [0.25, 0.3) is 0 Å². The van der Waals surface area contributed by atoms with E-state index < -0.39 is 0 Å². The first-order valence-corrected chi connectivity index (χ1v) is 9.50. The summed E-state index contributed by atoms with van der Waals surface area (Å²) in [7, 11) is 0. The number of likely N-dealkylation sites (tertiary alicyclic amines) is 1. The van der Waals surface area contributed by atoms with Crippen molar-refractivity contribution in [3.05, 3.63) is 53.7 Å². The van der Waals surface area contributed by atoms with Gasteiger partial charge in [0.2, 0.25) is 5.89 Å². The maximum atomic E-state index is 5.87. The van der Waals surface area contributed by atoms with Gasteiger partial charge in [-0.25, -0.2) is 9.98 Å². The van der Waals surface area contributed by atoms with Crippen LogP contribution in [0.25, 0.3) is 0 Å². The maximum absolute atomic E-state index is 5.87. The number of rotatable bonds is 4. The van der Waals surface area contributed by atoms with Crippen molar-refractivity contribution in [1.29, 1.82) is 0 Å². The molecule has 5 nitrogen and oxygen atoms in total. The molecule has 0 aliphatic carbocycles. The lowest BCUT2D eigenvalue weighted by molar-refractivity contribution is 0.382. The molecule has 1 N–H and O–H groups in total. The Morgan fingerprint density at radius 1 is 1.30 bits per heavy atom. The summed E-state index contributed by atoms with van der Waals surface area (Å²) in [5, 5.41) is 3.41. The van der Waals surface area contributed by atoms with Crippen LogP contribution in [0.2, 0.25) is 0 Å². The average Bonchev–Trinajstić information content (AvgIpc) is 3.29. The Balaban J connectivity index is 0.00000261. The molecule has 2 heterocycles. The van der Waals surface area contributed by atoms with Gasteiger partial charge in [0.15, 0.2) is 5.96 Å². The molecule has 1 fully saturated rings. The summed E-state index contributed by atoms with van der Waals surface area (Å²) in [4.78, 5) is 11.5. The van der Waals surface area contributed by atoms with Gasteiger partial charge in [-0.05, 0) is 18.9 Å². The van der Waals surface area contributed by atoms with E-state index in [0.717, 1.165) is 37.8 Å². The SMILES string of the molecule is CCNC(=NCc1ncc(C(C)(C)C)o1)N1CCC(c2ccccc2)C1.I. The van der Waals surface area contributed by atoms with Crippen LogP contribution in [0.5, 0.6) is 0 Å². The molecule has 27 heavy (non-hydrogen) atoms. The summed E-state index contributed by atoms with van der Waals surface area (Å²) in [6.07, 6.45) is 2.97. The summed E-state index contributed by atoms with van der Waals surface area (Å²) >= 11 is 0. The van der Waals surface area contributed by atoms with Crippen molar-refractivity contribution in [3.63, 3.8) is 0 Å². The third-order valence-corrected chi connectivity index (χ3v) is 4.75. The van der Waals surface area contributed by atoms with Gasteiger partial charge in [0.1, 0.15) is 12.3 Å². The predicted molar refractivity (Wildman–Crippen MR) is 121 cm³/mol. The Labute approximate surface area is 179 Å². The van der Waals surface area contributed by atoms with Gasteiger partial charge in [0, 0.05) is 31.0 Å². The highest BCUT2D eigenvalue weighted by Crippen LogP contribution is 2.27. The molecule has 1 aliphatic rings. The highest BCUT2D eigenvalue weighted by atomic mass is 127. The van der Waals surface area contributed by atoms with E-state index >= 15 is 0 Å². The molecule has 0 bridgehead atoms. The molecular formula is C21H31IN4O. The molecule has 2 aromatic rings. The molecule has 1 unspecified atom stereocenters. The molecule has 1 atom stereocenters. The molecule has 0 amide bonds. The number of benzene rings is 1. The van der Waals surface area contributed by atoms with Gasteiger partial charge in [-0.3, -0.25) is 0 Å². The second-order valence-electron chi connectivity index (χ2n) is 7.88. The van der Waals surface area contributed by atoms with E-state index in [2.05, 4.69) is 73.2 Å². The zero-order chi connectivity index (χ0) is 18.6. The van der Waals surface area contributed by atoms with Crippen molar-refractivity contribution in [1.82, 2.24) is 15.2 Å². The van der Waals surface area contributed by atoms with E-state index in [1.807, 2.05) is 6.20 Å². The van der Waals surface area contributed by atoms with Crippen LogP contribution in [-0.2, 0) is 12.0 Å². The van der Waals surface area contributed by atoms with Gasteiger partial charge in [-0.1, -0.05) is 51.1 Å². The highest BCUT2D eigenvalue weighted by Gasteiger charge is 2.26. The van der Waals surface area contributed by atoms with Crippen molar-refractivity contribution in [3.8, 4) is 0 Å². The first-order chi connectivity index (χ1) is 12.5. The minimum absolute atomic E-state index is 0. The number of aliphatic imine (C=N–C) groups is 1. The van der Waals surface area contributed by atoms with Crippen LogP contribution >= 0.6 is 24.0 Å². The molecule has 6 heteroatoms. The molecule has 1 aromatic carbocycles. The third-order valence-electron chi connectivity index (χ3n) is 4.75. The zero-order valence-corrected chi connectivity index (χ0v) is 19.1. The second kappa shape index (κ2) is 9.57. The Kier molecular flexibility index (Phi) is 7.70. The van der Waals surface area contributed by atoms with Gasteiger partial charge in [-0.15, -0.1) is 24.0 Å². The maximum Gasteiger partial charge on any atom is 0.216 e. The third kappa shape index (κ3) is 5.70. The second-order valence-corrected chi connectivity index (χ2v) is 7.88. The molecule has 0 spiro atoms. The summed E-state index contributed by atoms with van der Waals surface area (Å²) in [5.74, 6) is 3.08. The van der Waals surface area contributed by atoms with Crippen molar-refractivity contribution >= 4 is 29.9 Å². The van der Waals surface area contributed by atoms with Crippen molar-refractivity contribution in [2.24, 2.45) is 4.99 Å². The van der Waals surface area contributed by atoms with Crippen molar-refractivity contribution < 1.29 is 4.42 Å². The molecule has 1 aromatic heterocycles. The summed E-state index contributed by atoms with van der Waals surface area (Å²) in [6.45, 7) is 11.8. The Morgan fingerprint density at radius 3 is 2.67 bits per heavy atom. The van der Waals surface area contributed by atoms with E-state index in [1.165, 1.54) is 5.56 Å². The van der Waals surface area contributed by atoms with E-state index in [4.69, 9.17) is 9.41 Å². The number of nitrogens with zero attached hydrogens (tertiary/aromatic N) is 3. The fraction of sp³-hybridized carbons (Fsp3) is 0.524. The molecular weight excluding hydrogens is 451 g/mol. The van der Waals surface area contributed by atoms with Gasteiger partial charge in [0.05, 0.1) is 6.20 Å². The Bertz CT molecular complexity index is 736. The smallest absolute Gasteiger partial charge is 0.216 e. The minimum atomic E-state index is -0.0304. The number of guanidine groups is 1. The zero-order valence-electron chi connectivity index (χ0n) is 16.7. The number of aromatic nitrogens is 1. The lowest BCUT2D eigenvalue weighted by Gasteiger charge is -2.21. The molecule has 148 valence electrons. The number of halogens is 1. The van der Waals surface area contributed by atoms with E-state index in [-0.39, 0.29) is 29.4 Å². The number of nitrogens with one attached hydrogen (secondary N) is 1. The standard InChI is InChI=1S/C21H30N4O.HI/c1-5-22-20(24-14-19-23-13-18(26-19)21(2,3)4)25-12-11-17(15-25)16-9-7-6-8-10-16;/h6-10,13,17H,5,11-12,14-15H2,1-4H3,(H,22,24);1H. The summed E-state index contributed by atoms with van der Waals surface area (Å²) in [6, 6.07) is 10.8. The summed E-state index contributed by atoms with van der Waals surface area (Å²) < 4.78 is 5.87. The van der Waals surface area contributed by atoms with Gasteiger partial charge >= 0.3 is 0 Å². The van der Waals surface area contributed by atoms with Crippen LogP contribution in [0.4, 0.5) is 0 Å². The van der Waals surface area contributed by atoms with E-state index in [0.29, 0.717) is 18.4 Å². The predicted octanol–water partition coefficient (Wildman–Crippen LogP) is 4.55. The van der Waals surface area contributed by atoms with Crippen molar-refractivity contribution in [2.45, 2.75) is 52.0 Å². The van der Waals surface area contributed by atoms with Gasteiger partial charge < -0.3 is 14.6 Å². The molecule has 0 radical (unpaired) electrons. The minimum Gasteiger partial charge on any atom is -0.443 e. The van der Waals surface area contributed by atoms with Crippen molar-refractivity contribution in [2.75, 3.05) is 19.6 Å². The largest absolute Gasteiger partial charge is 0.443 e. The van der Waals surface area contributed by atoms with Crippen LogP contribution in [0.15, 0.2) is 45.9 Å². The summed E-state index contributed by atoms with van der Waals surface area (Å²) in [5.41, 5.74) is 1.38. The van der Waals surface area contributed by atoms with E-state index in [9.17, 15) is 0 Å². The Morgan fingerprint density at radius 2 is 2.04 bits per heavy atom. The number of hydrogen-bond acceptors (Lipinski definition) is 3. The fourth-order valence-electron chi connectivity index (χ4n) is 3.25. The quantitative estimate of drug-likeness (QED) is 0.395. The molecule has 1 aliphatic heterocycles. The number of oxazole rings is 1. The lowest BCUT2D eigenvalue weighted by Crippen LogP contribution is -2.40. The monoisotopic (exact) mass is 482 g/mol. The average molecular weight is 482 g/mol. The lowest BCUT2D eigenvalue weighted by atomic mass is 9.94. The molecule has 1 saturated heterocycles. The number of hydrogen-bond donors (Lipinski definition) is 1. The van der Waals surface area contributed by atoms with E-state index in [1.54, 1.807) is 0 Å². The fourth-order valence-corrected chi connectivity index (χ4v) is 3.25. The van der Waals surface area contributed by atoms with Crippen LogP contribution in [-0.4, -0.2) is 35.5 Å². The van der Waals surface area contributed by atoms with Crippen LogP contribution in [0.3, 0.4) is 0 Å². The molecule has 3 rings (SSSR count). The first-order valence-electron chi connectivity index (χ1n) is 9.50. The normalized spacial score (nSPS) is 17.7. The topological polar surface area (TPSA) is 53.7 Å². The first kappa shape index (κ1) is 21.7. The van der Waals surface area contributed by atoms with Crippen LogP contribution in [0.1, 0.15) is 57.2 Å². The Hall–Kier alpha value is -1.57. The highest BCUT2D eigenvalue weighted by molar-refractivity contribution is 14.0. The molecule has 0 saturated carbocycles. The van der Waals surface area contributed by atoms with Crippen LogP contribution in [0, 0.1) is 0 Å².